The SMILES string of the molecule is CN1CCC(c2cc(-c3nn(-c4nc(C(=O)O)cs4)c(CC4CC4)c3Cc3ccc([SH+](N)=O)c(F)c3)ccc2F)CC1.[OH-]. The first-order valence-electron chi connectivity index (χ1n) is 14.0. The topological polar surface area (TPSA) is 144 Å². The first kappa shape index (κ1) is 31.1. The number of aromatic carboxylic acids is 1. The Morgan fingerprint density at radius 3 is 2.49 bits per heavy atom. The van der Waals surface area contributed by atoms with Crippen molar-refractivity contribution in [1.29, 1.82) is 0 Å². The molecule has 4 N–H and O–H groups in total. The van der Waals surface area contributed by atoms with Crippen LogP contribution in [0, 0.1) is 17.6 Å². The Labute approximate surface area is 254 Å². The predicted octanol–water partition coefficient (Wildman–Crippen LogP) is 5.08. The lowest BCUT2D eigenvalue weighted by Crippen LogP contribution is -2.29. The van der Waals surface area contributed by atoms with Gasteiger partial charge in [-0.1, -0.05) is 10.3 Å². The summed E-state index contributed by atoms with van der Waals surface area (Å²) in [5.41, 5.74) is 4.33. The number of hydrogen-bond acceptors (Lipinski definition) is 7. The number of thiol groups is 1. The van der Waals surface area contributed by atoms with E-state index in [1.165, 1.54) is 34.9 Å². The van der Waals surface area contributed by atoms with Gasteiger partial charge in [-0.15, -0.1) is 16.5 Å². The summed E-state index contributed by atoms with van der Waals surface area (Å²) in [6, 6.07) is 9.60. The van der Waals surface area contributed by atoms with E-state index in [2.05, 4.69) is 16.9 Å². The average Bonchev–Trinajstić information content (AvgIpc) is 3.52. The van der Waals surface area contributed by atoms with E-state index >= 15 is 4.39 Å². The maximum absolute atomic E-state index is 15.2. The van der Waals surface area contributed by atoms with Crippen LogP contribution in [0.2, 0.25) is 0 Å². The lowest BCUT2D eigenvalue weighted by Gasteiger charge is -2.29. The molecular formula is C30H33F2N5O4S2. The number of halogens is 2. The molecule has 4 aromatic rings. The lowest BCUT2D eigenvalue weighted by molar-refractivity contribution is 0.0691. The van der Waals surface area contributed by atoms with Crippen molar-refractivity contribution in [3.8, 4) is 16.4 Å². The van der Waals surface area contributed by atoms with Crippen molar-refractivity contribution in [2.75, 3.05) is 20.1 Å². The number of carboxylic acids is 1. The van der Waals surface area contributed by atoms with Gasteiger partial charge in [-0.2, -0.15) is 5.10 Å². The number of rotatable bonds is 9. The third kappa shape index (κ3) is 6.60. The molecule has 2 aromatic carbocycles. The molecule has 43 heavy (non-hydrogen) atoms. The number of likely N-dealkylation sites (tertiary alicyclic amines) is 1. The highest BCUT2D eigenvalue weighted by atomic mass is 32.2. The van der Waals surface area contributed by atoms with Crippen molar-refractivity contribution in [2.24, 2.45) is 11.1 Å². The predicted molar refractivity (Wildman–Crippen MR) is 161 cm³/mol. The van der Waals surface area contributed by atoms with E-state index in [9.17, 15) is 18.5 Å². The Hall–Kier alpha value is -3.36. The first-order chi connectivity index (χ1) is 20.2. The summed E-state index contributed by atoms with van der Waals surface area (Å²) >= 11 is 1.19. The van der Waals surface area contributed by atoms with E-state index in [1.807, 2.05) is 6.07 Å². The molecule has 0 amide bonds. The van der Waals surface area contributed by atoms with Crippen LogP contribution < -0.4 is 5.14 Å². The zero-order chi connectivity index (χ0) is 29.5. The molecular weight excluding hydrogens is 596 g/mol. The van der Waals surface area contributed by atoms with Gasteiger partial charge in [0, 0.05) is 22.9 Å². The molecule has 1 atom stereocenters. The molecule has 6 rings (SSSR count). The Morgan fingerprint density at radius 1 is 1.12 bits per heavy atom. The third-order valence-electron chi connectivity index (χ3n) is 8.22. The van der Waals surface area contributed by atoms with Gasteiger partial charge in [-0.05, 0) is 106 Å². The molecule has 0 bridgehead atoms. The van der Waals surface area contributed by atoms with E-state index in [4.69, 9.17) is 10.2 Å². The summed E-state index contributed by atoms with van der Waals surface area (Å²) in [7, 11) is -0.252. The minimum absolute atomic E-state index is 0. The number of nitrogens with zero attached hydrogens (tertiary/aromatic N) is 4. The zero-order valence-electron chi connectivity index (χ0n) is 23.5. The first-order valence-corrected chi connectivity index (χ1v) is 16.2. The maximum atomic E-state index is 15.2. The number of aromatic nitrogens is 3. The van der Waals surface area contributed by atoms with E-state index in [-0.39, 0.29) is 27.8 Å². The van der Waals surface area contributed by atoms with E-state index in [1.54, 1.807) is 16.8 Å². The number of nitrogens with two attached hydrogens (primary N) is 1. The van der Waals surface area contributed by atoms with Crippen LogP contribution in [0.15, 0.2) is 46.7 Å². The molecule has 3 heterocycles. The summed E-state index contributed by atoms with van der Waals surface area (Å²) in [5.74, 6) is -1.45. The summed E-state index contributed by atoms with van der Waals surface area (Å²) in [4.78, 5) is 18.1. The minimum atomic E-state index is -2.32. The van der Waals surface area contributed by atoms with E-state index < -0.39 is 22.8 Å². The Kier molecular flexibility index (Phi) is 9.18. The number of carboxylic acid groups (broad SMARTS) is 1. The van der Waals surface area contributed by atoms with Gasteiger partial charge >= 0.3 is 5.97 Å². The Morgan fingerprint density at radius 2 is 1.86 bits per heavy atom. The van der Waals surface area contributed by atoms with Gasteiger partial charge in [0.2, 0.25) is 10.0 Å². The van der Waals surface area contributed by atoms with Crippen LogP contribution in [0.1, 0.15) is 64.5 Å². The second kappa shape index (κ2) is 12.7. The maximum Gasteiger partial charge on any atom is 0.355 e. The monoisotopic (exact) mass is 629 g/mol. The fourth-order valence-corrected chi connectivity index (χ4v) is 6.96. The molecule has 2 fully saturated rings. The molecule has 2 aliphatic rings. The second-order valence-corrected chi connectivity index (χ2v) is 13.2. The molecule has 0 spiro atoms. The molecule has 13 heteroatoms. The number of thiazole rings is 1. The van der Waals surface area contributed by atoms with Crippen LogP contribution in [0.3, 0.4) is 0 Å². The van der Waals surface area contributed by atoms with Gasteiger partial charge in [-0.25, -0.2) is 23.2 Å². The van der Waals surface area contributed by atoms with Gasteiger partial charge in [-0.3, -0.25) is 0 Å². The zero-order valence-corrected chi connectivity index (χ0v) is 25.3. The highest BCUT2D eigenvalue weighted by Crippen LogP contribution is 2.39. The standard InChI is InChI=1S/C30H31F2N5O3S2.H2O/c1-36-10-8-19(9-11-36)21-15-20(5-6-23(21)31)28-22(12-18-4-7-27(42(33)40)24(32)13-18)26(14-17-2-3-17)37(35-28)30-34-25(16-41-30)29(38)39;/h4-7,13,15-17,19H,2-3,8-12,14H2,1H3,(H2,33,40)(H,38,39);1H2. The smallest absolute Gasteiger partial charge is 0.355 e. The molecule has 1 unspecified atom stereocenters. The number of benzene rings is 2. The normalized spacial score (nSPS) is 16.7. The highest BCUT2D eigenvalue weighted by Gasteiger charge is 2.30. The van der Waals surface area contributed by atoms with Crippen LogP contribution in [0.4, 0.5) is 8.78 Å². The summed E-state index contributed by atoms with van der Waals surface area (Å²) in [6.07, 6.45) is 4.87. The third-order valence-corrected chi connectivity index (χ3v) is 9.87. The summed E-state index contributed by atoms with van der Waals surface area (Å²) < 4.78 is 43.5. The second-order valence-electron chi connectivity index (χ2n) is 11.3. The van der Waals surface area contributed by atoms with E-state index in [0.29, 0.717) is 40.7 Å². The number of hydrogen-bond donors (Lipinski definition) is 2. The van der Waals surface area contributed by atoms with Crippen LogP contribution in [-0.4, -0.2) is 56.4 Å². The molecule has 1 aliphatic carbocycles. The van der Waals surface area contributed by atoms with Gasteiger partial charge in [0.05, 0.1) is 11.4 Å². The molecule has 0 radical (unpaired) electrons. The van der Waals surface area contributed by atoms with Crippen molar-refractivity contribution in [3.63, 3.8) is 0 Å². The Bertz CT molecular complexity index is 1680. The Balaban J connectivity index is 0.00000368. The fourth-order valence-electron chi connectivity index (χ4n) is 5.69. The van der Waals surface area contributed by atoms with Gasteiger partial charge in [0.15, 0.2) is 22.5 Å². The minimum Gasteiger partial charge on any atom is -0.870 e. The van der Waals surface area contributed by atoms with E-state index in [0.717, 1.165) is 55.6 Å². The van der Waals surface area contributed by atoms with Crippen molar-refractivity contribution >= 4 is 28.3 Å². The fraction of sp³-hybridized carbons (Fsp3) is 0.367. The summed E-state index contributed by atoms with van der Waals surface area (Å²) in [5, 5.41) is 21.8. The van der Waals surface area contributed by atoms with Crippen LogP contribution >= 0.6 is 11.3 Å². The van der Waals surface area contributed by atoms with Crippen molar-refractivity contribution in [3.05, 3.63) is 81.5 Å². The summed E-state index contributed by atoms with van der Waals surface area (Å²) in [6.45, 7) is 1.79. The van der Waals surface area contributed by atoms with Gasteiger partial charge < -0.3 is 15.5 Å². The molecule has 1 saturated carbocycles. The highest BCUT2D eigenvalue weighted by molar-refractivity contribution is 7.82. The van der Waals surface area contributed by atoms with Gasteiger partial charge in [0.1, 0.15) is 5.82 Å². The molecule has 1 saturated heterocycles. The quantitative estimate of drug-likeness (QED) is 0.194. The van der Waals surface area contributed by atoms with Crippen molar-refractivity contribution < 1.29 is 28.4 Å². The molecule has 228 valence electrons. The van der Waals surface area contributed by atoms with Crippen molar-refractivity contribution in [2.45, 2.75) is 49.3 Å². The van der Waals surface area contributed by atoms with Crippen LogP contribution in [-0.2, 0) is 28.0 Å². The molecule has 1 aliphatic heterocycles. The number of piperidine rings is 1. The molecule has 2 aromatic heterocycles. The molecule has 9 nitrogen and oxygen atoms in total. The van der Waals surface area contributed by atoms with Crippen LogP contribution in [0.5, 0.6) is 0 Å². The van der Waals surface area contributed by atoms with Crippen LogP contribution in [0.25, 0.3) is 16.4 Å². The number of carbonyl (C=O) groups is 1. The van der Waals surface area contributed by atoms with Crippen molar-refractivity contribution in [1.82, 2.24) is 19.7 Å². The van der Waals surface area contributed by atoms with Gasteiger partial charge in [0.25, 0.3) is 0 Å². The lowest BCUT2D eigenvalue weighted by atomic mass is 9.87. The largest absolute Gasteiger partial charge is 0.870 e. The average molecular weight is 630 g/mol.